The van der Waals surface area contributed by atoms with Gasteiger partial charge in [-0.2, -0.15) is 0 Å². The third-order valence-electron chi connectivity index (χ3n) is 3.66. The summed E-state index contributed by atoms with van der Waals surface area (Å²) in [5.74, 6) is -0.635. The molecule has 1 saturated heterocycles. The van der Waals surface area contributed by atoms with Crippen LogP contribution in [0.2, 0.25) is 0 Å². The molecule has 0 bridgehead atoms. The Hall–Kier alpha value is -2.04. The van der Waals surface area contributed by atoms with Crippen molar-refractivity contribution in [3.05, 3.63) is 29.8 Å². The van der Waals surface area contributed by atoms with E-state index in [4.69, 9.17) is 4.74 Å². The fourth-order valence-corrected chi connectivity index (χ4v) is 2.42. The van der Waals surface area contributed by atoms with Crippen molar-refractivity contribution in [1.82, 2.24) is 4.90 Å². The average molecular weight is 263 g/mol. The molecular weight excluding hydrogens is 246 g/mol. The number of methoxy groups -OCH3 is 1. The van der Waals surface area contributed by atoms with Crippen molar-refractivity contribution in [2.75, 3.05) is 13.7 Å². The fraction of sp³-hybridized carbons (Fsp3) is 0.429. The molecule has 0 spiro atoms. The van der Waals surface area contributed by atoms with E-state index in [9.17, 15) is 14.7 Å². The molecule has 1 aliphatic rings. The number of carboxylic acids is 1. The molecule has 1 N–H and O–H groups in total. The lowest BCUT2D eigenvalue weighted by Crippen LogP contribution is -2.50. The number of nitrogens with zero attached hydrogens (tertiary/aromatic N) is 1. The Morgan fingerprint density at radius 2 is 2.16 bits per heavy atom. The highest BCUT2D eigenvalue weighted by molar-refractivity contribution is 5.98. The van der Waals surface area contributed by atoms with Crippen molar-refractivity contribution in [3.63, 3.8) is 0 Å². The standard InChI is InChI=1S/C14H17NO4/c1-14(13(17)18)7-4-8-15(14)12(16)10-5-3-6-11(9-10)19-2/h3,5-6,9H,4,7-8H2,1-2H3,(H,17,18). The largest absolute Gasteiger partial charge is 0.497 e. The van der Waals surface area contributed by atoms with Gasteiger partial charge in [-0.15, -0.1) is 0 Å². The van der Waals surface area contributed by atoms with Gasteiger partial charge in [0.25, 0.3) is 5.91 Å². The van der Waals surface area contributed by atoms with Gasteiger partial charge < -0.3 is 14.7 Å². The number of likely N-dealkylation sites (tertiary alicyclic amines) is 1. The van der Waals surface area contributed by atoms with Crippen LogP contribution < -0.4 is 4.74 Å². The Morgan fingerprint density at radius 1 is 1.42 bits per heavy atom. The van der Waals surface area contributed by atoms with Crippen LogP contribution in [0.4, 0.5) is 0 Å². The van der Waals surface area contributed by atoms with Crippen molar-refractivity contribution in [2.24, 2.45) is 0 Å². The van der Waals surface area contributed by atoms with E-state index < -0.39 is 11.5 Å². The van der Waals surface area contributed by atoms with Crippen molar-refractivity contribution < 1.29 is 19.4 Å². The average Bonchev–Trinajstić information content (AvgIpc) is 2.81. The molecule has 102 valence electrons. The van der Waals surface area contributed by atoms with Crippen LogP contribution in [0.25, 0.3) is 0 Å². The molecule has 5 heteroatoms. The van der Waals surface area contributed by atoms with Gasteiger partial charge in [0.2, 0.25) is 0 Å². The first-order chi connectivity index (χ1) is 8.99. The van der Waals surface area contributed by atoms with E-state index >= 15 is 0 Å². The molecule has 0 aromatic heterocycles. The molecular formula is C14H17NO4. The SMILES string of the molecule is COc1cccc(C(=O)N2CCCC2(C)C(=O)O)c1. The second-order valence-electron chi connectivity index (χ2n) is 4.87. The highest BCUT2D eigenvalue weighted by Crippen LogP contribution is 2.31. The number of carbonyl (C=O) groups is 2. The summed E-state index contributed by atoms with van der Waals surface area (Å²) < 4.78 is 5.08. The number of benzene rings is 1. The van der Waals surface area contributed by atoms with Crippen molar-refractivity contribution in [1.29, 1.82) is 0 Å². The minimum Gasteiger partial charge on any atom is -0.497 e. The summed E-state index contributed by atoms with van der Waals surface area (Å²) >= 11 is 0. The number of ether oxygens (including phenoxy) is 1. The van der Waals surface area contributed by atoms with Crippen LogP contribution in [-0.4, -0.2) is 41.1 Å². The highest BCUT2D eigenvalue weighted by Gasteiger charge is 2.46. The molecule has 19 heavy (non-hydrogen) atoms. The van der Waals surface area contributed by atoms with Crippen LogP contribution in [-0.2, 0) is 4.79 Å². The molecule has 1 heterocycles. The van der Waals surface area contributed by atoms with Crippen molar-refractivity contribution in [2.45, 2.75) is 25.3 Å². The highest BCUT2D eigenvalue weighted by atomic mass is 16.5. The van der Waals surface area contributed by atoms with Crippen LogP contribution in [0.3, 0.4) is 0 Å². The zero-order valence-electron chi connectivity index (χ0n) is 11.0. The molecule has 0 saturated carbocycles. The predicted molar refractivity (Wildman–Crippen MR) is 69.3 cm³/mol. The molecule has 1 fully saturated rings. The Bertz CT molecular complexity index is 514. The van der Waals surface area contributed by atoms with Gasteiger partial charge in [-0.25, -0.2) is 4.79 Å². The van der Waals surface area contributed by atoms with Gasteiger partial charge in [0.1, 0.15) is 11.3 Å². The summed E-state index contributed by atoms with van der Waals surface area (Å²) in [5, 5.41) is 9.32. The summed E-state index contributed by atoms with van der Waals surface area (Å²) in [4.78, 5) is 25.3. The lowest BCUT2D eigenvalue weighted by molar-refractivity contribution is -0.147. The first-order valence-corrected chi connectivity index (χ1v) is 6.18. The topological polar surface area (TPSA) is 66.8 Å². The molecule has 1 atom stereocenters. The summed E-state index contributed by atoms with van der Waals surface area (Å²) in [7, 11) is 1.53. The normalized spacial score (nSPS) is 22.3. The maximum Gasteiger partial charge on any atom is 0.329 e. The first-order valence-electron chi connectivity index (χ1n) is 6.18. The zero-order valence-corrected chi connectivity index (χ0v) is 11.0. The first kappa shape index (κ1) is 13.4. The van der Waals surface area contributed by atoms with E-state index in [0.717, 1.165) is 0 Å². The lowest BCUT2D eigenvalue weighted by atomic mass is 9.98. The quantitative estimate of drug-likeness (QED) is 0.902. The summed E-state index contributed by atoms with van der Waals surface area (Å²) in [6, 6.07) is 6.77. The monoisotopic (exact) mass is 263 g/mol. The maximum absolute atomic E-state index is 12.4. The molecule has 2 rings (SSSR count). The van der Waals surface area contributed by atoms with Gasteiger partial charge in [-0.3, -0.25) is 4.79 Å². The fourth-order valence-electron chi connectivity index (χ4n) is 2.42. The molecule has 1 aliphatic heterocycles. The van der Waals surface area contributed by atoms with Crippen LogP contribution in [0.1, 0.15) is 30.1 Å². The summed E-state index contributed by atoms with van der Waals surface area (Å²) in [6.45, 7) is 2.07. The molecule has 5 nitrogen and oxygen atoms in total. The van der Waals surface area contributed by atoms with E-state index in [2.05, 4.69) is 0 Å². The predicted octanol–water partition coefficient (Wildman–Crippen LogP) is 1.77. The molecule has 1 unspecified atom stereocenters. The minimum absolute atomic E-state index is 0.263. The van der Waals surface area contributed by atoms with E-state index in [1.165, 1.54) is 12.0 Å². The number of amides is 1. The van der Waals surface area contributed by atoms with Crippen molar-refractivity contribution >= 4 is 11.9 Å². The molecule has 1 aromatic rings. The molecule has 1 amide bonds. The molecule has 0 aliphatic carbocycles. The number of carboxylic acid groups (broad SMARTS) is 1. The summed E-state index contributed by atoms with van der Waals surface area (Å²) in [5.41, 5.74) is -0.658. The van der Waals surface area contributed by atoms with Crippen LogP contribution in [0, 0.1) is 0 Å². The van der Waals surface area contributed by atoms with Crippen LogP contribution >= 0.6 is 0 Å². The summed E-state index contributed by atoms with van der Waals surface area (Å²) in [6.07, 6.45) is 1.19. The number of hydrogen-bond donors (Lipinski definition) is 1. The number of rotatable bonds is 3. The Morgan fingerprint density at radius 3 is 2.79 bits per heavy atom. The number of aliphatic carboxylic acids is 1. The van der Waals surface area contributed by atoms with Gasteiger partial charge in [-0.05, 0) is 38.0 Å². The van der Waals surface area contributed by atoms with E-state index in [-0.39, 0.29) is 5.91 Å². The number of hydrogen-bond acceptors (Lipinski definition) is 3. The lowest BCUT2D eigenvalue weighted by Gasteiger charge is -2.31. The van der Waals surface area contributed by atoms with E-state index in [1.807, 2.05) is 0 Å². The van der Waals surface area contributed by atoms with Crippen molar-refractivity contribution in [3.8, 4) is 5.75 Å². The minimum atomic E-state index is -1.11. The van der Waals surface area contributed by atoms with Gasteiger partial charge in [0, 0.05) is 12.1 Å². The molecule has 0 radical (unpaired) electrons. The van der Waals surface area contributed by atoms with Crippen LogP contribution in [0.5, 0.6) is 5.75 Å². The second-order valence-corrected chi connectivity index (χ2v) is 4.87. The van der Waals surface area contributed by atoms with Gasteiger partial charge in [-0.1, -0.05) is 6.07 Å². The Balaban J connectivity index is 2.30. The Labute approximate surface area is 111 Å². The van der Waals surface area contributed by atoms with Gasteiger partial charge >= 0.3 is 5.97 Å². The van der Waals surface area contributed by atoms with Gasteiger partial charge in [0.15, 0.2) is 0 Å². The third-order valence-corrected chi connectivity index (χ3v) is 3.66. The zero-order chi connectivity index (χ0) is 14.0. The Kier molecular flexibility index (Phi) is 3.46. The van der Waals surface area contributed by atoms with E-state index in [0.29, 0.717) is 30.7 Å². The van der Waals surface area contributed by atoms with Gasteiger partial charge in [0.05, 0.1) is 7.11 Å². The maximum atomic E-state index is 12.4. The third kappa shape index (κ3) is 2.28. The smallest absolute Gasteiger partial charge is 0.329 e. The second kappa shape index (κ2) is 4.91. The van der Waals surface area contributed by atoms with Crippen LogP contribution in [0.15, 0.2) is 24.3 Å². The number of carbonyl (C=O) groups excluding carboxylic acids is 1. The molecule has 1 aromatic carbocycles. The van der Waals surface area contributed by atoms with E-state index in [1.54, 1.807) is 31.2 Å².